The van der Waals surface area contributed by atoms with E-state index in [0.717, 1.165) is 11.1 Å². The number of hydrogen-bond acceptors (Lipinski definition) is 2. The summed E-state index contributed by atoms with van der Waals surface area (Å²) in [6, 6.07) is 11.8. The van der Waals surface area contributed by atoms with Crippen LogP contribution in [-0.2, 0) is 0 Å². The number of carbonyl (C=O) groups is 1. The van der Waals surface area contributed by atoms with Gasteiger partial charge >= 0.3 is 0 Å². The Hall–Kier alpha value is -2.16. The normalized spacial score (nSPS) is 10.3. The van der Waals surface area contributed by atoms with Crippen molar-refractivity contribution in [1.82, 2.24) is 0 Å². The first kappa shape index (κ1) is 13.3. The molecule has 0 saturated carbocycles. The topological polar surface area (TPSA) is 26.3 Å². The van der Waals surface area contributed by atoms with E-state index in [1.807, 2.05) is 26.0 Å². The highest BCUT2D eigenvalue weighted by Gasteiger charge is 2.09. The molecule has 0 heterocycles. The van der Waals surface area contributed by atoms with Gasteiger partial charge in [0, 0.05) is 5.56 Å². The van der Waals surface area contributed by atoms with Crippen molar-refractivity contribution in [1.29, 1.82) is 0 Å². The molecule has 0 radical (unpaired) electrons. The number of ether oxygens (including phenoxy) is 1. The lowest BCUT2D eigenvalue weighted by atomic mass is 10.1. The molecule has 0 spiro atoms. The first-order valence-electron chi connectivity index (χ1n) is 6.05. The maximum absolute atomic E-state index is 13.4. The summed E-state index contributed by atoms with van der Waals surface area (Å²) < 4.78 is 18.7. The van der Waals surface area contributed by atoms with E-state index in [4.69, 9.17) is 4.74 Å². The molecule has 3 heteroatoms. The van der Waals surface area contributed by atoms with Gasteiger partial charge in [-0.2, -0.15) is 0 Å². The number of benzene rings is 2. The summed E-state index contributed by atoms with van der Waals surface area (Å²) in [6.45, 7) is 3.63. The molecule has 0 aliphatic carbocycles. The molecule has 2 nitrogen and oxygen atoms in total. The molecule has 0 atom stereocenters. The zero-order valence-electron chi connectivity index (χ0n) is 10.9. The summed E-state index contributed by atoms with van der Waals surface area (Å²) in [5.41, 5.74) is 2.54. The summed E-state index contributed by atoms with van der Waals surface area (Å²) in [6.07, 6.45) is 0. The third-order valence-electron chi connectivity index (χ3n) is 2.82. The van der Waals surface area contributed by atoms with Crippen LogP contribution in [0.15, 0.2) is 42.5 Å². The van der Waals surface area contributed by atoms with Gasteiger partial charge in [-0.3, -0.25) is 4.79 Å². The second-order valence-corrected chi connectivity index (χ2v) is 4.51. The smallest absolute Gasteiger partial charge is 0.200 e. The standard InChI is InChI=1S/C16H15FO2/c1-11-3-6-13(7-4-11)15(18)10-19-16-9-12(2)5-8-14(16)17/h3-9H,10H2,1-2H3. The summed E-state index contributed by atoms with van der Waals surface area (Å²) in [5.74, 6) is -0.510. The Morgan fingerprint density at radius 1 is 1.05 bits per heavy atom. The predicted octanol–water partition coefficient (Wildman–Crippen LogP) is 3.70. The third kappa shape index (κ3) is 3.41. The molecular formula is C16H15FO2. The first-order valence-corrected chi connectivity index (χ1v) is 6.05. The lowest BCUT2D eigenvalue weighted by molar-refractivity contribution is 0.0918. The van der Waals surface area contributed by atoms with Crippen LogP contribution in [0.1, 0.15) is 21.5 Å². The van der Waals surface area contributed by atoms with E-state index in [2.05, 4.69) is 0 Å². The zero-order chi connectivity index (χ0) is 13.8. The van der Waals surface area contributed by atoms with Gasteiger partial charge < -0.3 is 4.74 Å². The van der Waals surface area contributed by atoms with Crippen molar-refractivity contribution < 1.29 is 13.9 Å². The molecule has 0 N–H and O–H groups in total. The SMILES string of the molecule is Cc1ccc(C(=O)COc2cc(C)ccc2F)cc1. The minimum Gasteiger partial charge on any atom is -0.482 e. The molecule has 0 unspecified atom stereocenters. The van der Waals surface area contributed by atoms with Crippen LogP contribution in [0.3, 0.4) is 0 Å². The molecule has 19 heavy (non-hydrogen) atoms. The van der Waals surface area contributed by atoms with E-state index in [-0.39, 0.29) is 18.1 Å². The first-order chi connectivity index (χ1) is 9.06. The number of halogens is 1. The Kier molecular flexibility index (Phi) is 3.95. The molecule has 2 aromatic carbocycles. The fourth-order valence-corrected chi connectivity index (χ4v) is 1.69. The zero-order valence-corrected chi connectivity index (χ0v) is 10.9. The van der Waals surface area contributed by atoms with Crippen LogP contribution in [0.5, 0.6) is 5.75 Å². The van der Waals surface area contributed by atoms with Gasteiger partial charge in [0.1, 0.15) is 0 Å². The molecule has 0 amide bonds. The summed E-state index contributed by atoms with van der Waals surface area (Å²) in [4.78, 5) is 11.9. The Balaban J connectivity index is 2.04. The Morgan fingerprint density at radius 2 is 1.68 bits per heavy atom. The molecule has 0 bridgehead atoms. The van der Waals surface area contributed by atoms with E-state index < -0.39 is 5.82 Å². The van der Waals surface area contributed by atoms with Crippen LogP contribution < -0.4 is 4.74 Å². The average molecular weight is 258 g/mol. The van der Waals surface area contributed by atoms with Gasteiger partial charge in [0.15, 0.2) is 24.0 Å². The van der Waals surface area contributed by atoms with Crippen LogP contribution in [0, 0.1) is 19.7 Å². The van der Waals surface area contributed by atoms with Gasteiger partial charge in [0.2, 0.25) is 0 Å². The second kappa shape index (κ2) is 5.65. The third-order valence-corrected chi connectivity index (χ3v) is 2.82. The highest BCUT2D eigenvalue weighted by Crippen LogP contribution is 2.18. The Labute approximate surface area is 111 Å². The van der Waals surface area contributed by atoms with Crippen LogP contribution >= 0.6 is 0 Å². The summed E-state index contributed by atoms with van der Waals surface area (Å²) in [7, 11) is 0. The van der Waals surface area contributed by atoms with E-state index in [0.29, 0.717) is 5.56 Å². The number of aryl methyl sites for hydroxylation is 2. The van der Waals surface area contributed by atoms with Crippen molar-refractivity contribution >= 4 is 5.78 Å². The lowest BCUT2D eigenvalue weighted by Gasteiger charge is -2.07. The van der Waals surface area contributed by atoms with E-state index in [1.165, 1.54) is 6.07 Å². The lowest BCUT2D eigenvalue weighted by Crippen LogP contribution is -2.12. The van der Waals surface area contributed by atoms with E-state index in [9.17, 15) is 9.18 Å². The molecule has 0 aliphatic rings. The number of hydrogen-bond donors (Lipinski definition) is 0. The van der Waals surface area contributed by atoms with Crippen molar-refractivity contribution in [3.63, 3.8) is 0 Å². The van der Waals surface area contributed by atoms with E-state index >= 15 is 0 Å². The fraction of sp³-hybridized carbons (Fsp3) is 0.188. The fourth-order valence-electron chi connectivity index (χ4n) is 1.69. The Bertz CT molecular complexity index is 588. The van der Waals surface area contributed by atoms with Gasteiger partial charge in [-0.05, 0) is 31.5 Å². The molecule has 0 aromatic heterocycles. The predicted molar refractivity (Wildman–Crippen MR) is 72.1 cm³/mol. The molecule has 0 aliphatic heterocycles. The van der Waals surface area contributed by atoms with Gasteiger partial charge in [0.05, 0.1) is 0 Å². The largest absolute Gasteiger partial charge is 0.482 e. The van der Waals surface area contributed by atoms with Crippen molar-refractivity contribution in [3.8, 4) is 5.75 Å². The van der Waals surface area contributed by atoms with Gasteiger partial charge in [-0.1, -0.05) is 35.9 Å². The highest BCUT2D eigenvalue weighted by atomic mass is 19.1. The molecule has 0 saturated heterocycles. The second-order valence-electron chi connectivity index (χ2n) is 4.51. The van der Waals surface area contributed by atoms with Gasteiger partial charge in [-0.25, -0.2) is 4.39 Å². The molecule has 2 rings (SSSR count). The molecule has 0 fully saturated rings. The number of ketones is 1. The van der Waals surface area contributed by atoms with E-state index in [1.54, 1.807) is 24.3 Å². The minimum atomic E-state index is -0.456. The van der Waals surface area contributed by atoms with Crippen LogP contribution in [0.2, 0.25) is 0 Å². The molecule has 2 aromatic rings. The average Bonchev–Trinajstić information content (AvgIpc) is 2.40. The Morgan fingerprint density at radius 3 is 2.37 bits per heavy atom. The number of Topliss-reactive ketones (excluding diaryl/α,β-unsaturated/α-hetero) is 1. The summed E-state index contributed by atoms with van der Waals surface area (Å²) in [5, 5.41) is 0. The van der Waals surface area contributed by atoms with Crippen molar-refractivity contribution in [3.05, 3.63) is 65.0 Å². The van der Waals surface area contributed by atoms with Gasteiger partial charge in [0.25, 0.3) is 0 Å². The van der Waals surface area contributed by atoms with Crippen molar-refractivity contribution in [2.24, 2.45) is 0 Å². The number of rotatable bonds is 4. The highest BCUT2D eigenvalue weighted by molar-refractivity contribution is 5.97. The van der Waals surface area contributed by atoms with Crippen LogP contribution in [0.4, 0.5) is 4.39 Å². The van der Waals surface area contributed by atoms with Gasteiger partial charge in [-0.15, -0.1) is 0 Å². The monoisotopic (exact) mass is 258 g/mol. The van der Waals surface area contributed by atoms with Crippen molar-refractivity contribution in [2.45, 2.75) is 13.8 Å². The quantitative estimate of drug-likeness (QED) is 0.781. The molecular weight excluding hydrogens is 243 g/mol. The number of carbonyl (C=O) groups excluding carboxylic acids is 1. The van der Waals surface area contributed by atoms with Crippen LogP contribution in [0.25, 0.3) is 0 Å². The minimum absolute atomic E-state index is 0.112. The maximum atomic E-state index is 13.4. The van der Waals surface area contributed by atoms with Crippen molar-refractivity contribution in [2.75, 3.05) is 6.61 Å². The molecule has 98 valence electrons. The summed E-state index contributed by atoms with van der Waals surface area (Å²) >= 11 is 0. The van der Waals surface area contributed by atoms with Crippen LogP contribution in [-0.4, -0.2) is 12.4 Å². The maximum Gasteiger partial charge on any atom is 0.200 e.